The van der Waals surface area contributed by atoms with Gasteiger partial charge in [-0.15, -0.1) is 0 Å². The summed E-state index contributed by atoms with van der Waals surface area (Å²) in [5, 5.41) is 0. The molecule has 198 valence electrons. The van der Waals surface area contributed by atoms with Crippen LogP contribution in [0.1, 0.15) is 40.7 Å². The molecule has 0 aliphatic carbocycles. The number of carbonyl (C=O) groups is 1. The quantitative estimate of drug-likeness (QED) is 0.364. The maximum absolute atomic E-state index is 13.2. The number of aryl methyl sites for hydroxylation is 1. The van der Waals surface area contributed by atoms with Crippen LogP contribution in [0.2, 0.25) is 0 Å². The summed E-state index contributed by atoms with van der Waals surface area (Å²) in [5.41, 5.74) is -2.22. The Morgan fingerprint density at radius 2 is 1.56 bits per heavy atom. The van der Waals surface area contributed by atoms with E-state index in [1.165, 1.54) is 4.90 Å². The normalized spacial score (nSPS) is 19.1. The lowest BCUT2D eigenvalue weighted by Gasteiger charge is -2.30. The first-order chi connectivity index (χ1) is 16.5. The fourth-order valence-corrected chi connectivity index (χ4v) is 4.76. The van der Waals surface area contributed by atoms with Gasteiger partial charge in [0.05, 0.1) is 30.4 Å². The summed E-state index contributed by atoms with van der Waals surface area (Å²) >= 11 is 0. The topological polar surface area (TPSA) is 63.7 Å². The van der Waals surface area contributed by atoms with Crippen LogP contribution in [0.15, 0.2) is 42.5 Å². The van der Waals surface area contributed by atoms with Crippen LogP contribution < -0.4 is 0 Å². The van der Waals surface area contributed by atoms with E-state index >= 15 is 0 Å². The van der Waals surface area contributed by atoms with Gasteiger partial charge in [-0.3, -0.25) is 8.98 Å². The van der Waals surface area contributed by atoms with Gasteiger partial charge in [-0.2, -0.15) is 34.8 Å². The largest absolute Gasteiger partial charge is 0.416 e. The highest BCUT2D eigenvalue weighted by Crippen LogP contribution is 2.39. The smallest absolute Gasteiger partial charge is 0.341 e. The zero-order valence-corrected chi connectivity index (χ0v) is 20.4. The van der Waals surface area contributed by atoms with Crippen molar-refractivity contribution in [1.29, 1.82) is 0 Å². The molecule has 5 nitrogen and oxygen atoms in total. The predicted octanol–water partition coefficient (Wildman–Crippen LogP) is 5.11. The average molecular weight is 538 g/mol. The molecule has 0 radical (unpaired) electrons. The van der Waals surface area contributed by atoms with Gasteiger partial charge in [-0.25, -0.2) is 0 Å². The average Bonchev–Trinajstić information content (AvgIpc) is 3.17. The highest BCUT2D eigenvalue weighted by Gasteiger charge is 2.42. The highest BCUT2D eigenvalue weighted by molar-refractivity contribution is 7.85. The molecule has 0 N–H and O–H groups in total. The second kappa shape index (κ2) is 10.0. The third-order valence-electron chi connectivity index (χ3n) is 6.25. The number of nitrogens with zero attached hydrogens (tertiary/aromatic N) is 1. The molecular formula is C24H25F6NO4S. The number of carbonyl (C=O) groups excluding carboxylic acids is 1. The Kier molecular flexibility index (Phi) is 7.81. The fourth-order valence-electron chi connectivity index (χ4n) is 4.37. The molecule has 0 spiro atoms. The van der Waals surface area contributed by atoms with Gasteiger partial charge in [0.2, 0.25) is 5.91 Å². The van der Waals surface area contributed by atoms with Crippen LogP contribution >= 0.6 is 0 Å². The Morgan fingerprint density at radius 1 is 1.00 bits per heavy atom. The summed E-state index contributed by atoms with van der Waals surface area (Å²) < 4.78 is 107. The van der Waals surface area contributed by atoms with Crippen molar-refractivity contribution in [3.63, 3.8) is 0 Å². The van der Waals surface area contributed by atoms with E-state index in [0.717, 1.165) is 17.4 Å². The summed E-state index contributed by atoms with van der Waals surface area (Å²) in [6.07, 6.45) is -9.07. The molecule has 0 unspecified atom stereocenters. The molecule has 0 aromatic heterocycles. The molecule has 1 aliphatic heterocycles. The molecule has 3 rings (SSSR count). The summed E-state index contributed by atoms with van der Waals surface area (Å²) in [4.78, 5) is 14.4. The molecule has 1 saturated heterocycles. The molecular weight excluding hydrogens is 512 g/mol. The van der Waals surface area contributed by atoms with Crippen LogP contribution in [0.4, 0.5) is 26.3 Å². The Morgan fingerprint density at radius 3 is 2.06 bits per heavy atom. The van der Waals surface area contributed by atoms with Gasteiger partial charge in [0.25, 0.3) is 10.1 Å². The zero-order valence-electron chi connectivity index (χ0n) is 19.5. The molecule has 1 heterocycles. The Labute approximate surface area is 205 Å². The van der Waals surface area contributed by atoms with E-state index in [-0.39, 0.29) is 32.2 Å². The minimum atomic E-state index is -5.01. The van der Waals surface area contributed by atoms with Gasteiger partial charge in [0.1, 0.15) is 0 Å². The second-order valence-electron chi connectivity index (χ2n) is 9.08. The van der Waals surface area contributed by atoms with E-state index in [4.69, 9.17) is 4.18 Å². The summed E-state index contributed by atoms with van der Waals surface area (Å²) in [5.74, 6) is -0.625. The number of halogens is 6. The number of hydrogen-bond acceptors (Lipinski definition) is 4. The number of likely N-dealkylation sites (tertiary alicyclic amines) is 1. The van der Waals surface area contributed by atoms with Crippen molar-refractivity contribution in [2.75, 3.05) is 26.0 Å². The maximum Gasteiger partial charge on any atom is 0.416 e. The summed E-state index contributed by atoms with van der Waals surface area (Å²) in [6, 6.07) is 8.56. The molecule has 2 aromatic rings. The molecule has 2 aromatic carbocycles. The highest BCUT2D eigenvalue weighted by atomic mass is 32.2. The van der Waals surface area contributed by atoms with Crippen molar-refractivity contribution < 1.29 is 43.7 Å². The van der Waals surface area contributed by atoms with E-state index in [2.05, 4.69) is 0 Å². The van der Waals surface area contributed by atoms with Gasteiger partial charge < -0.3 is 4.90 Å². The molecule has 1 atom stereocenters. The Balaban J connectivity index is 1.85. The van der Waals surface area contributed by atoms with Crippen molar-refractivity contribution in [2.45, 2.75) is 44.0 Å². The van der Waals surface area contributed by atoms with E-state index in [9.17, 15) is 39.6 Å². The first-order valence-electron chi connectivity index (χ1n) is 11.0. The van der Waals surface area contributed by atoms with Crippen LogP contribution in [0, 0.1) is 6.92 Å². The van der Waals surface area contributed by atoms with Gasteiger partial charge in [-0.1, -0.05) is 29.8 Å². The lowest BCUT2D eigenvalue weighted by Crippen LogP contribution is -2.36. The number of rotatable bonds is 7. The fraction of sp³-hybridized carbons (Fsp3) is 0.458. The molecule has 1 fully saturated rings. The lowest BCUT2D eigenvalue weighted by molar-refractivity contribution is -0.143. The van der Waals surface area contributed by atoms with E-state index in [1.54, 1.807) is 0 Å². The SMILES string of the molecule is Cc1ccc([C@@]2(CCOS(C)(=O)=O)CCN(C(=O)Cc3cc(C(F)(F)F)cc(C(F)(F)F)c3)C2)cc1. The first-order valence-corrected chi connectivity index (χ1v) is 12.8. The Bertz CT molecular complexity index is 1180. The predicted molar refractivity (Wildman–Crippen MR) is 120 cm³/mol. The molecule has 1 aliphatic rings. The van der Waals surface area contributed by atoms with E-state index in [1.807, 2.05) is 31.2 Å². The second-order valence-corrected chi connectivity index (χ2v) is 10.7. The van der Waals surface area contributed by atoms with Gasteiger partial charge in [-0.05, 0) is 49.1 Å². The van der Waals surface area contributed by atoms with Crippen molar-refractivity contribution in [3.05, 3.63) is 70.3 Å². The summed E-state index contributed by atoms with van der Waals surface area (Å²) in [6.45, 7) is 2.07. The number of benzene rings is 2. The third kappa shape index (κ3) is 7.00. The standard InChI is InChI=1S/C24H25F6NO4S/c1-16-3-5-18(6-4-16)22(8-10-35-36(2,33)34)7-9-31(15-22)21(32)13-17-11-19(23(25,26)27)14-20(12-17)24(28,29)30/h3-6,11-12,14H,7-10,13,15H2,1-2H3/t22-/m1/s1. The molecule has 1 amide bonds. The van der Waals surface area contributed by atoms with Crippen LogP contribution in [-0.4, -0.2) is 45.2 Å². The Hall–Kier alpha value is -2.60. The van der Waals surface area contributed by atoms with Crippen molar-refractivity contribution >= 4 is 16.0 Å². The first kappa shape index (κ1) is 28.0. The van der Waals surface area contributed by atoms with Gasteiger partial charge in [0.15, 0.2) is 0 Å². The number of hydrogen-bond donors (Lipinski definition) is 0. The third-order valence-corrected chi connectivity index (χ3v) is 6.85. The monoisotopic (exact) mass is 537 g/mol. The van der Waals surface area contributed by atoms with Crippen LogP contribution in [0.5, 0.6) is 0 Å². The molecule has 36 heavy (non-hydrogen) atoms. The zero-order chi connectivity index (χ0) is 26.9. The van der Waals surface area contributed by atoms with Crippen molar-refractivity contribution in [2.24, 2.45) is 0 Å². The van der Waals surface area contributed by atoms with Crippen molar-refractivity contribution in [1.82, 2.24) is 4.90 Å². The van der Waals surface area contributed by atoms with Gasteiger partial charge >= 0.3 is 12.4 Å². The minimum absolute atomic E-state index is 0.0219. The van der Waals surface area contributed by atoms with Crippen LogP contribution in [-0.2, 0) is 43.3 Å². The molecule has 0 saturated carbocycles. The maximum atomic E-state index is 13.2. The summed E-state index contributed by atoms with van der Waals surface area (Å²) in [7, 11) is -3.70. The van der Waals surface area contributed by atoms with Crippen molar-refractivity contribution in [3.8, 4) is 0 Å². The number of amides is 1. The molecule has 12 heteroatoms. The van der Waals surface area contributed by atoms with Crippen LogP contribution in [0.3, 0.4) is 0 Å². The number of alkyl halides is 6. The van der Waals surface area contributed by atoms with E-state index < -0.39 is 56.9 Å². The molecule has 0 bridgehead atoms. The van der Waals surface area contributed by atoms with Crippen LogP contribution in [0.25, 0.3) is 0 Å². The van der Waals surface area contributed by atoms with E-state index in [0.29, 0.717) is 18.6 Å². The van der Waals surface area contributed by atoms with Gasteiger partial charge in [0, 0.05) is 18.5 Å². The minimum Gasteiger partial charge on any atom is -0.341 e. The lowest BCUT2D eigenvalue weighted by atomic mass is 9.77.